The van der Waals surface area contributed by atoms with Gasteiger partial charge in [-0.25, -0.2) is 0 Å². The van der Waals surface area contributed by atoms with Crippen LogP contribution in [0.15, 0.2) is 66.7 Å². The zero-order valence-electron chi connectivity index (χ0n) is 25.0. The Morgan fingerprint density at radius 1 is 0.683 bits per heavy atom. The SMILES string of the molecule is COc1cccc(CCc2c(CCNC(=O)CC(C)(C)CC(=O)NCCc3ccccc3)ccc(OC)c2OC)c1. The number of aryl methyl sites for hydroxylation is 1. The number of hydrogen-bond acceptors (Lipinski definition) is 5. The lowest BCUT2D eigenvalue weighted by Gasteiger charge is -2.23. The molecule has 0 spiro atoms. The molecule has 2 amide bonds. The molecule has 0 bridgehead atoms. The van der Waals surface area contributed by atoms with E-state index in [0.717, 1.165) is 41.9 Å². The zero-order chi connectivity index (χ0) is 29.7. The number of carbonyl (C=O) groups is 2. The number of ether oxygens (including phenoxy) is 3. The van der Waals surface area contributed by atoms with Crippen molar-refractivity contribution in [2.24, 2.45) is 5.41 Å². The van der Waals surface area contributed by atoms with Crippen LogP contribution >= 0.6 is 0 Å². The smallest absolute Gasteiger partial charge is 0.220 e. The van der Waals surface area contributed by atoms with Crippen LogP contribution in [0, 0.1) is 5.41 Å². The average molecular weight is 561 g/mol. The quantitative estimate of drug-likeness (QED) is 0.248. The Balaban J connectivity index is 1.53. The van der Waals surface area contributed by atoms with Crippen molar-refractivity contribution in [2.75, 3.05) is 34.4 Å². The van der Waals surface area contributed by atoms with Gasteiger partial charge in [-0.05, 0) is 66.0 Å². The lowest BCUT2D eigenvalue weighted by Crippen LogP contribution is -2.34. The molecule has 2 N–H and O–H groups in total. The minimum absolute atomic E-state index is 0.0373. The van der Waals surface area contributed by atoms with Gasteiger partial charge in [0.15, 0.2) is 11.5 Å². The van der Waals surface area contributed by atoms with Crippen molar-refractivity contribution in [2.45, 2.75) is 52.4 Å². The highest BCUT2D eigenvalue weighted by atomic mass is 16.5. The first-order chi connectivity index (χ1) is 19.7. The molecular formula is C34H44N2O5. The number of carbonyl (C=O) groups excluding carboxylic acids is 2. The molecule has 0 radical (unpaired) electrons. The molecule has 0 aliphatic rings. The molecule has 0 aliphatic heterocycles. The minimum atomic E-state index is -0.452. The fraction of sp³-hybridized carbons (Fsp3) is 0.412. The number of amides is 2. The highest BCUT2D eigenvalue weighted by molar-refractivity contribution is 5.80. The standard InChI is InChI=1S/C34H44N2O5/c1-34(2,23-31(37)35-20-18-25-10-7-6-8-11-25)24-32(38)36-21-19-27-15-17-30(40-4)33(41-5)29(27)16-14-26-12-9-13-28(22-26)39-3/h6-13,15,17,22H,14,16,18-21,23-24H2,1-5H3,(H,35,37)(H,36,38). The van der Waals surface area contributed by atoms with Gasteiger partial charge in [-0.1, -0.05) is 62.4 Å². The van der Waals surface area contributed by atoms with Crippen molar-refractivity contribution >= 4 is 11.8 Å². The average Bonchev–Trinajstić information content (AvgIpc) is 2.96. The van der Waals surface area contributed by atoms with Crippen molar-refractivity contribution in [3.63, 3.8) is 0 Å². The summed E-state index contributed by atoms with van der Waals surface area (Å²) in [6.07, 6.45) is 3.56. The first-order valence-corrected chi connectivity index (χ1v) is 14.2. The highest BCUT2D eigenvalue weighted by Crippen LogP contribution is 2.35. The number of nitrogens with one attached hydrogen (secondary N) is 2. The van der Waals surface area contributed by atoms with E-state index in [2.05, 4.69) is 16.7 Å². The molecule has 0 aliphatic carbocycles. The third-order valence-corrected chi connectivity index (χ3v) is 7.12. The van der Waals surface area contributed by atoms with Gasteiger partial charge in [0.25, 0.3) is 0 Å². The van der Waals surface area contributed by atoms with Crippen LogP contribution < -0.4 is 24.8 Å². The molecule has 0 heterocycles. The third-order valence-electron chi connectivity index (χ3n) is 7.12. The van der Waals surface area contributed by atoms with Gasteiger partial charge in [0.1, 0.15) is 5.75 Å². The normalized spacial score (nSPS) is 11.0. The van der Waals surface area contributed by atoms with E-state index in [1.54, 1.807) is 21.3 Å². The maximum absolute atomic E-state index is 12.8. The number of hydrogen-bond donors (Lipinski definition) is 2. The lowest BCUT2D eigenvalue weighted by molar-refractivity contribution is -0.125. The summed E-state index contributed by atoms with van der Waals surface area (Å²) in [5.74, 6) is 2.13. The third kappa shape index (κ3) is 10.2. The van der Waals surface area contributed by atoms with Gasteiger partial charge in [-0.3, -0.25) is 9.59 Å². The summed E-state index contributed by atoms with van der Waals surface area (Å²) >= 11 is 0. The van der Waals surface area contributed by atoms with E-state index in [1.165, 1.54) is 11.1 Å². The van der Waals surface area contributed by atoms with Crippen molar-refractivity contribution < 1.29 is 23.8 Å². The van der Waals surface area contributed by atoms with Crippen molar-refractivity contribution in [1.82, 2.24) is 10.6 Å². The Morgan fingerprint density at radius 3 is 1.98 bits per heavy atom. The predicted molar refractivity (Wildman–Crippen MR) is 163 cm³/mol. The van der Waals surface area contributed by atoms with E-state index in [-0.39, 0.29) is 18.2 Å². The van der Waals surface area contributed by atoms with Gasteiger partial charge < -0.3 is 24.8 Å². The first-order valence-electron chi connectivity index (χ1n) is 14.2. The number of methoxy groups -OCH3 is 3. The Morgan fingerprint density at radius 2 is 1.34 bits per heavy atom. The van der Waals surface area contributed by atoms with E-state index >= 15 is 0 Å². The summed E-state index contributed by atoms with van der Waals surface area (Å²) in [5, 5.41) is 6.03. The van der Waals surface area contributed by atoms with Crippen LogP contribution in [0.1, 0.15) is 48.9 Å². The monoisotopic (exact) mass is 560 g/mol. The second-order valence-corrected chi connectivity index (χ2v) is 11.0. The zero-order valence-corrected chi connectivity index (χ0v) is 25.0. The molecule has 220 valence electrons. The largest absolute Gasteiger partial charge is 0.497 e. The summed E-state index contributed by atoms with van der Waals surface area (Å²) < 4.78 is 16.7. The minimum Gasteiger partial charge on any atom is -0.497 e. The van der Waals surface area contributed by atoms with Gasteiger partial charge in [0.05, 0.1) is 21.3 Å². The molecule has 0 fully saturated rings. The fourth-order valence-electron chi connectivity index (χ4n) is 5.02. The molecule has 7 heteroatoms. The molecule has 3 rings (SSSR count). The van der Waals surface area contributed by atoms with E-state index in [9.17, 15) is 9.59 Å². The second-order valence-electron chi connectivity index (χ2n) is 11.0. The Hall–Kier alpha value is -4.00. The summed E-state index contributed by atoms with van der Waals surface area (Å²) in [4.78, 5) is 25.3. The second kappa shape index (κ2) is 15.7. The van der Waals surface area contributed by atoms with E-state index in [4.69, 9.17) is 14.2 Å². The molecule has 7 nitrogen and oxygen atoms in total. The van der Waals surface area contributed by atoms with Crippen molar-refractivity contribution in [1.29, 1.82) is 0 Å². The van der Waals surface area contributed by atoms with Gasteiger partial charge in [-0.2, -0.15) is 0 Å². The molecule has 0 saturated heterocycles. The van der Waals surface area contributed by atoms with Crippen LogP contribution in [-0.2, 0) is 35.3 Å². The molecule has 0 aromatic heterocycles. The summed E-state index contributed by atoms with van der Waals surface area (Å²) in [7, 11) is 4.95. The summed E-state index contributed by atoms with van der Waals surface area (Å²) in [6, 6.07) is 22.1. The maximum Gasteiger partial charge on any atom is 0.220 e. The Bertz CT molecular complexity index is 1270. The van der Waals surface area contributed by atoms with Gasteiger partial charge >= 0.3 is 0 Å². The molecule has 0 atom stereocenters. The van der Waals surface area contributed by atoms with Gasteiger partial charge in [-0.15, -0.1) is 0 Å². The van der Waals surface area contributed by atoms with Crippen LogP contribution in [0.4, 0.5) is 0 Å². The van der Waals surface area contributed by atoms with E-state index < -0.39 is 5.41 Å². The van der Waals surface area contributed by atoms with Gasteiger partial charge in [0, 0.05) is 31.5 Å². The first kappa shape index (κ1) is 31.5. The summed E-state index contributed by atoms with van der Waals surface area (Å²) in [5.41, 5.74) is 4.06. The van der Waals surface area contributed by atoms with Crippen molar-refractivity contribution in [3.8, 4) is 17.2 Å². The van der Waals surface area contributed by atoms with Crippen LogP contribution in [0.3, 0.4) is 0 Å². The molecule has 3 aromatic rings. The highest BCUT2D eigenvalue weighted by Gasteiger charge is 2.25. The predicted octanol–water partition coefficient (Wildman–Crippen LogP) is 5.32. The fourth-order valence-corrected chi connectivity index (χ4v) is 5.02. The number of benzene rings is 3. The van der Waals surface area contributed by atoms with E-state index in [0.29, 0.717) is 31.7 Å². The molecule has 41 heavy (non-hydrogen) atoms. The van der Waals surface area contributed by atoms with Crippen LogP contribution in [0.2, 0.25) is 0 Å². The molecule has 3 aromatic carbocycles. The van der Waals surface area contributed by atoms with E-state index in [1.807, 2.05) is 74.5 Å². The van der Waals surface area contributed by atoms with Crippen LogP contribution in [0.5, 0.6) is 17.2 Å². The Labute approximate surface area is 244 Å². The lowest BCUT2D eigenvalue weighted by atomic mass is 9.85. The molecule has 0 saturated carbocycles. The summed E-state index contributed by atoms with van der Waals surface area (Å²) in [6.45, 7) is 4.97. The van der Waals surface area contributed by atoms with Crippen LogP contribution in [-0.4, -0.2) is 46.2 Å². The Kier molecular flexibility index (Phi) is 12.1. The van der Waals surface area contributed by atoms with Gasteiger partial charge in [0.2, 0.25) is 11.8 Å². The molecule has 0 unspecified atom stereocenters. The maximum atomic E-state index is 12.8. The topological polar surface area (TPSA) is 85.9 Å². The van der Waals surface area contributed by atoms with Crippen molar-refractivity contribution in [3.05, 3.63) is 89.0 Å². The molecular weight excluding hydrogens is 516 g/mol. The van der Waals surface area contributed by atoms with Crippen LogP contribution in [0.25, 0.3) is 0 Å². The number of rotatable bonds is 16.